The van der Waals surface area contributed by atoms with Gasteiger partial charge in [0.15, 0.2) is 0 Å². The van der Waals surface area contributed by atoms with Crippen LogP contribution in [-0.2, 0) is 4.79 Å². The maximum absolute atomic E-state index is 13.2. The van der Waals surface area contributed by atoms with E-state index in [1.807, 2.05) is 0 Å². The zero-order valence-electron chi connectivity index (χ0n) is 13.2. The summed E-state index contributed by atoms with van der Waals surface area (Å²) in [4.78, 5) is 30.0. The number of benzene rings is 1. The second-order valence-electron chi connectivity index (χ2n) is 5.43. The molecular formula is C17H15BrFN3O3. The molecule has 1 aromatic carbocycles. The van der Waals surface area contributed by atoms with Gasteiger partial charge in [-0.05, 0) is 46.3 Å². The molecule has 8 heteroatoms. The van der Waals surface area contributed by atoms with E-state index in [0.29, 0.717) is 29.9 Å². The number of ether oxygens (including phenoxy) is 1. The minimum absolute atomic E-state index is 0.0757. The zero-order valence-corrected chi connectivity index (χ0v) is 14.8. The number of hydrogen-bond donors (Lipinski definition) is 1. The van der Waals surface area contributed by atoms with Crippen molar-refractivity contribution in [2.75, 3.05) is 19.6 Å². The molecule has 2 heterocycles. The quantitative estimate of drug-likeness (QED) is 0.848. The lowest BCUT2D eigenvalue weighted by Crippen LogP contribution is -2.34. The van der Waals surface area contributed by atoms with Crippen LogP contribution in [0.15, 0.2) is 41.0 Å². The molecule has 130 valence electrons. The molecule has 2 amide bonds. The van der Waals surface area contributed by atoms with Gasteiger partial charge in [-0.1, -0.05) is 0 Å². The summed E-state index contributed by atoms with van der Waals surface area (Å²) in [5.41, 5.74) is 0.285. The molecule has 1 saturated heterocycles. The molecule has 1 aliphatic heterocycles. The highest BCUT2D eigenvalue weighted by molar-refractivity contribution is 9.10. The van der Waals surface area contributed by atoms with Crippen LogP contribution in [0.3, 0.4) is 0 Å². The number of nitrogens with one attached hydrogen (secondary N) is 1. The number of pyridine rings is 1. The second-order valence-corrected chi connectivity index (χ2v) is 6.28. The normalized spacial score (nSPS) is 14.6. The lowest BCUT2D eigenvalue weighted by atomic mass is 10.2. The summed E-state index contributed by atoms with van der Waals surface area (Å²) in [7, 11) is 0. The van der Waals surface area contributed by atoms with Gasteiger partial charge in [0, 0.05) is 32.3 Å². The van der Waals surface area contributed by atoms with Gasteiger partial charge in [0.05, 0.1) is 4.47 Å². The number of amides is 2. The summed E-state index contributed by atoms with van der Waals surface area (Å²) >= 11 is 3.23. The number of halogens is 2. The predicted molar refractivity (Wildman–Crippen MR) is 91.9 cm³/mol. The van der Waals surface area contributed by atoms with Crippen molar-refractivity contribution in [1.82, 2.24) is 15.2 Å². The molecule has 0 saturated carbocycles. The van der Waals surface area contributed by atoms with Gasteiger partial charge in [0.1, 0.15) is 17.1 Å². The molecule has 1 aromatic heterocycles. The summed E-state index contributed by atoms with van der Waals surface area (Å²) in [6, 6.07) is 7.24. The van der Waals surface area contributed by atoms with E-state index in [0.717, 1.165) is 0 Å². The molecule has 0 spiro atoms. The van der Waals surface area contributed by atoms with Crippen molar-refractivity contribution in [3.05, 3.63) is 52.4 Å². The molecule has 0 atom stereocenters. The Bertz CT molecular complexity index is 815. The molecule has 3 rings (SSSR count). The molecule has 2 aromatic rings. The fourth-order valence-electron chi connectivity index (χ4n) is 2.44. The van der Waals surface area contributed by atoms with Gasteiger partial charge < -0.3 is 15.0 Å². The third-order valence-electron chi connectivity index (χ3n) is 3.70. The van der Waals surface area contributed by atoms with Gasteiger partial charge in [-0.15, -0.1) is 0 Å². The summed E-state index contributed by atoms with van der Waals surface area (Å²) in [6.07, 6.45) is 1.77. The minimum atomic E-state index is -0.404. The molecule has 6 nitrogen and oxygen atoms in total. The van der Waals surface area contributed by atoms with E-state index in [1.165, 1.54) is 24.4 Å². The van der Waals surface area contributed by atoms with Gasteiger partial charge in [-0.2, -0.15) is 0 Å². The maximum atomic E-state index is 13.2. The number of rotatable bonds is 3. The van der Waals surface area contributed by atoms with Gasteiger partial charge in [0.25, 0.3) is 5.91 Å². The van der Waals surface area contributed by atoms with Crippen LogP contribution < -0.4 is 10.1 Å². The Morgan fingerprint density at radius 1 is 1.32 bits per heavy atom. The Balaban J connectivity index is 1.85. The molecule has 1 N–H and O–H groups in total. The van der Waals surface area contributed by atoms with Crippen LogP contribution in [-0.4, -0.2) is 41.3 Å². The Hall–Kier alpha value is -2.48. The monoisotopic (exact) mass is 407 g/mol. The molecule has 0 aliphatic carbocycles. The van der Waals surface area contributed by atoms with Crippen LogP contribution in [0.25, 0.3) is 0 Å². The summed E-state index contributed by atoms with van der Waals surface area (Å²) in [5.74, 6) is -0.269. The van der Waals surface area contributed by atoms with E-state index in [4.69, 9.17) is 4.74 Å². The summed E-state index contributed by atoms with van der Waals surface area (Å²) in [5, 5.41) is 2.73. The van der Waals surface area contributed by atoms with Crippen LogP contribution in [0.4, 0.5) is 4.39 Å². The van der Waals surface area contributed by atoms with E-state index < -0.39 is 5.82 Å². The fraction of sp³-hybridized carbons (Fsp3) is 0.235. The van der Waals surface area contributed by atoms with Crippen LogP contribution in [0, 0.1) is 5.82 Å². The Morgan fingerprint density at radius 2 is 2.16 bits per heavy atom. The van der Waals surface area contributed by atoms with Crippen molar-refractivity contribution < 1.29 is 18.7 Å². The minimum Gasteiger partial charge on any atom is -0.437 e. The number of carbonyl (C=O) groups is 2. The number of nitrogens with zero attached hydrogens (tertiary/aromatic N) is 2. The first-order chi connectivity index (χ1) is 12.0. The van der Waals surface area contributed by atoms with E-state index >= 15 is 0 Å². The fourth-order valence-corrected chi connectivity index (χ4v) is 2.87. The standard InChI is InChI=1S/C17H15BrFN3O3/c18-13-10-11(19)3-4-14(13)25-16-12(2-1-6-21-16)17(24)22-8-5-15(23)20-7-9-22/h1-4,6,10H,5,7-9H2,(H,20,23). The van der Waals surface area contributed by atoms with Crippen molar-refractivity contribution in [3.63, 3.8) is 0 Å². The smallest absolute Gasteiger partial charge is 0.259 e. The Labute approximate surface area is 152 Å². The van der Waals surface area contributed by atoms with E-state index in [1.54, 1.807) is 17.0 Å². The highest BCUT2D eigenvalue weighted by Crippen LogP contribution is 2.31. The summed E-state index contributed by atoms with van der Waals surface area (Å²) in [6.45, 7) is 1.16. The highest BCUT2D eigenvalue weighted by atomic mass is 79.9. The molecule has 1 fully saturated rings. The number of carbonyl (C=O) groups excluding carboxylic acids is 2. The first kappa shape index (κ1) is 17.3. The molecule has 0 unspecified atom stereocenters. The van der Waals surface area contributed by atoms with Gasteiger partial charge in [-0.3, -0.25) is 9.59 Å². The van der Waals surface area contributed by atoms with Crippen molar-refractivity contribution in [3.8, 4) is 11.6 Å². The summed E-state index contributed by atoms with van der Waals surface area (Å²) < 4.78 is 19.3. The second kappa shape index (κ2) is 7.60. The van der Waals surface area contributed by atoms with E-state index in [-0.39, 0.29) is 29.7 Å². The average Bonchev–Trinajstić information content (AvgIpc) is 2.82. The largest absolute Gasteiger partial charge is 0.437 e. The third-order valence-corrected chi connectivity index (χ3v) is 4.32. The van der Waals surface area contributed by atoms with Crippen LogP contribution in [0.5, 0.6) is 11.6 Å². The zero-order chi connectivity index (χ0) is 17.8. The third kappa shape index (κ3) is 4.14. The SMILES string of the molecule is O=C1CCN(C(=O)c2cccnc2Oc2ccc(F)cc2Br)CCN1. The number of aromatic nitrogens is 1. The number of hydrogen-bond acceptors (Lipinski definition) is 4. The van der Waals surface area contributed by atoms with Crippen molar-refractivity contribution >= 4 is 27.7 Å². The Kier molecular flexibility index (Phi) is 5.28. The molecule has 1 aliphatic rings. The average molecular weight is 408 g/mol. The lowest BCUT2D eigenvalue weighted by Gasteiger charge is -2.20. The lowest BCUT2D eigenvalue weighted by molar-refractivity contribution is -0.120. The maximum Gasteiger partial charge on any atom is 0.259 e. The van der Waals surface area contributed by atoms with Crippen LogP contribution in [0.1, 0.15) is 16.8 Å². The first-order valence-electron chi connectivity index (χ1n) is 7.68. The molecule has 0 radical (unpaired) electrons. The van der Waals surface area contributed by atoms with Crippen molar-refractivity contribution in [2.24, 2.45) is 0 Å². The highest BCUT2D eigenvalue weighted by Gasteiger charge is 2.23. The van der Waals surface area contributed by atoms with Crippen molar-refractivity contribution in [2.45, 2.75) is 6.42 Å². The van der Waals surface area contributed by atoms with E-state index in [9.17, 15) is 14.0 Å². The van der Waals surface area contributed by atoms with E-state index in [2.05, 4.69) is 26.2 Å². The van der Waals surface area contributed by atoms with Gasteiger partial charge in [0.2, 0.25) is 11.8 Å². The van der Waals surface area contributed by atoms with Gasteiger partial charge in [-0.25, -0.2) is 9.37 Å². The molecular weight excluding hydrogens is 393 g/mol. The predicted octanol–water partition coefficient (Wildman–Crippen LogP) is 2.74. The molecule has 0 bridgehead atoms. The van der Waals surface area contributed by atoms with Crippen LogP contribution in [0.2, 0.25) is 0 Å². The molecule has 25 heavy (non-hydrogen) atoms. The van der Waals surface area contributed by atoms with Crippen molar-refractivity contribution in [1.29, 1.82) is 0 Å². The first-order valence-corrected chi connectivity index (χ1v) is 8.48. The topological polar surface area (TPSA) is 71.5 Å². The Morgan fingerprint density at radius 3 is 2.96 bits per heavy atom. The van der Waals surface area contributed by atoms with Gasteiger partial charge >= 0.3 is 0 Å². The van der Waals surface area contributed by atoms with Crippen LogP contribution >= 0.6 is 15.9 Å².